The molecule has 112 valence electrons. The van der Waals surface area contributed by atoms with Crippen LogP contribution in [0.2, 0.25) is 0 Å². The van der Waals surface area contributed by atoms with Crippen LogP contribution in [0, 0.1) is 17.6 Å². The quantitative estimate of drug-likeness (QED) is 0.721. The van der Waals surface area contributed by atoms with Gasteiger partial charge in [0.1, 0.15) is 0 Å². The highest BCUT2D eigenvalue weighted by atomic mass is 19.4. The Labute approximate surface area is 111 Å². The first-order chi connectivity index (χ1) is 9.00. The number of fused-ring (bicyclic) bond motifs is 1. The van der Waals surface area contributed by atoms with E-state index in [1.807, 2.05) is 0 Å². The maximum absolute atomic E-state index is 13.3. The molecule has 1 aliphatic rings. The lowest BCUT2D eigenvalue weighted by atomic mass is 9.67. The van der Waals surface area contributed by atoms with Gasteiger partial charge in [0.05, 0.1) is 0 Å². The first-order valence-electron chi connectivity index (χ1n) is 5.99. The van der Waals surface area contributed by atoms with E-state index in [0.29, 0.717) is 6.07 Å². The van der Waals surface area contributed by atoms with Gasteiger partial charge >= 0.3 is 6.18 Å². The van der Waals surface area contributed by atoms with Crippen molar-refractivity contribution in [1.29, 1.82) is 0 Å². The van der Waals surface area contributed by atoms with Crippen LogP contribution in [0.5, 0.6) is 5.75 Å². The van der Waals surface area contributed by atoms with Gasteiger partial charge in [0, 0.05) is 17.9 Å². The molecule has 2 rings (SSSR count). The molecular weight excluding hydrogens is 283 g/mol. The number of hydrogen-bond acceptors (Lipinski definition) is 2. The number of alkyl halides is 3. The van der Waals surface area contributed by atoms with E-state index in [-0.39, 0.29) is 11.1 Å². The third kappa shape index (κ3) is 1.87. The second kappa shape index (κ2) is 4.31. The Bertz CT molecular complexity index is 555. The van der Waals surface area contributed by atoms with Crippen LogP contribution >= 0.6 is 0 Å². The molecule has 0 heterocycles. The minimum atomic E-state index is -4.90. The third-order valence-corrected chi connectivity index (χ3v) is 4.23. The molecule has 1 aromatic rings. The van der Waals surface area contributed by atoms with Gasteiger partial charge in [0.2, 0.25) is 5.82 Å². The summed E-state index contributed by atoms with van der Waals surface area (Å²) in [5.74, 6) is -6.18. The Kier molecular flexibility index (Phi) is 3.24. The van der Waals surface area contributed by atoms with Crippen molar-refractivity contribution in [3.05, 3.63) is 28.8 Å². The van der Waals surface area contributed by atoms with Crippen molar-refractivity contribution in [2.45, 2.75) is 38.0 Å². The first kappa shape index (κ1) is 15.0. The molecule has 0 fully saturated rings. The lowest BCUT2D eigenvalue weighted by Crippen LogP contribution is -2.55. The van der Waals surface area contributed by atoms with E-state index in [1.54, 1.807) is 0 Å². The molecule has 1 aromatic carbocycles. The van der Waals surface area contributed by atoms with Crippen molar-refractivity contribution >= 4 is 0 Å². The van der Waals surface area contributed by atoms with Gasteiger partial charge in [0.15, 0.2) is 17.2 Å². The molecule has 2 nitrogen and oxygen atoms in total. The van der Waals surface area contributed by atoms with Gasteiger partial charge in [-0.2, -0.15) is 17.6 Å². The molecule has 0 bridgehead atoms. The molecule has 3 unspecified atom stereocenters. The number of hydrogen-bond donors (Lipinski definition) is 2. The van der Waals surface area contributed by atoms with Crippen LogP contribution in [0.15, 0.2) is 6.07 Å². The summed E-state index contributed by atoms with van der Waals surface area (Å²) in [6.07, 6.45) is -5.82. The molecule has 7 heteroatoms. The molecule has 0 aromatic heterocycles. The third-order valence-electron chi connectivity index (χ3n) is 4.23. The summed E-state index contributed by atoms with van der Waals surface area (Å²) in [4.78, 5) is 0. The molecule has 2 N–H and O–H groups in total. The summed E-state index contributed by atoms with van der Waals surface area (Å²) >= 11 is 0. The SMILES string of the molecule is CC1c2c(cc(F)c(F)c2O)CC(O)(C(F)(F)F)C1C. The second-order valence-corrected chi connectivity index (χ2v) is 5.27. The Morgan fingerprint density at radius 3 is 2.30 bits per heavy atom. The molecule has 0 aliphatic heterocycles. The predicted octanol–water partition coefficient (Wildman–Crippen LogP) is 3.26. The van der Waals surface area contributed by atoms with Crippen LogP contribution in [0.4, 0.5) is 22.0 Å². The van der Waals surface area contributed by atoms with E-state index in [4.69, 9.17) is 0 Å². The summed E-state index contributed by atoms with van der Waals surface area (Å²) < 4.78 is 65.7. The van der Waals surface area contributed by atoms with Crippen molar-refractivity contribution in [1.82, 2.24) is 0 Å². The number of benzene rings is 1. The van der Waals surface area contributed by atoms with E-state index in [1.165, 1.54) is 13.8 Å². The number of rotatable bonds is 0. The van der Waals surface area contributed by atoms with Gasteiger partial charge in [-0.1, -0.05) is 13.8 Å². The molecule has 0 saturated heterocycles. The summed E-state index contributed by atoms with van der Waals surface area (Å²) in [5, 5.41) is 19.5. The largest absolute Gasteiger partial charge is 0.505 e. The average molecular weight is 296 g/mol. The Balaban J connectivity index is 2.66. The number of phenols is 1. The molecular formula is C13H13F5O2. The molecule has 20 heavy (non-hydrogen) atoms. The normalized spacial score (nSPS) is 30.2. The summed E-state index contributed by atoms with van der Waals surface area (Å²) in [6, 6.07) is 0.601. The Hall–Kier alpha value is -1.37. The molecule has 3 atom stereocenters. The summed E-state index contributed by atoms with van der Waals surface area (Å²) in [5.41, 5.74) is -3.34. The Morgan fingerprint density at radius 2 is 1.80 bits per heavy atom. The maximum Gasteiger partial charge on any atom is 0.417 e. The van der Waals surface area contributed by atoms with Crippen LogP contribution in [0.3, 0.4) is 0 Å². The molecule has 0 spiro atoms. The fourth-order valence-corrected chi connectivity index (χ4v) is 2.81. The standard InChI is InChI=1S/C13H13F5O2/c1-5-6(2)12(20,13(16,17)18)4-7-3-8(14)10(15)11(19)9(5)7/h3,5-6,19-20H,4H2,1-2H3. The summed E-state index contributed by atoms with van der Waals surface area (Å²) in [6.45, 7) is 2.50. The van der Waals surface area contributed by atoms with Gasteiger partial charge in [-0.15, -0.1) is 0 Å². The molecule has 0 saturated carbocycles. The van der Waals surface area contributed by atoms with Crippen LogP contribution in [-0.2, 0) is 6.42 Å². The van der Waals surface area contributed by atoms with Crippen LogP contribution in [-0.4, -0.2) is 22.0 Å². The highest BCUT2D eigenvalue weighted by Crippen LogP contribution is 2.51. The monoisotopic (exact) mass is 296 g/mol. The minimum Gasteiger partial charge on any atom is -0.505 e. The van der Waals surface area contributed by atoms with Crippen LogP contribution < -0.4 is 0 Å². The zero-order chi connectivity index (χ0) is 15.5. The fraction of sp³-hybridized carbons (Fsp3) is 0.538. The highest BCUT2D eigenvalue weighted by Gasteiger charge is 2.60. The van der Waals surface area contributed by atoms with E-state index in [0.717, 1.165) is 0 Å². The van der Waals surface area contributed by atoms with E-state index in [9.17, 15) is 32.2 Å². The number of halogens is 5. The van der Waals surface area contributed by atoms with E-state index < -0.39 is 47.4 Å². The predicted molar refractivity (Wildman–Crippen MR) is 60.3 cm³/mol. The van der Waals surface area contributed by atoms with Crippen molar-refractivity contribution in [3.63, 3.8) is 0 Å². The molecule has 1 aliphatic carbocycles. The summed E-state index contributed by atoms with van der Waals surface area (Å²) in [7, 11) is 0. The zero-order valence-electron chi connectivity index (χ0n) is 10.7. The van der Waals surface area contributed by atoms with Crippen LogP contribution in [0.1, 0.15) is 30.9 Å². The fourth-order valence-electron chi connectivity index (χ4n) is 2.81. The number of aromatic hydroxyl groups is 1. The van der Waals surface area contributed by atoms with Gasteiger partial charge < -0.3 is 10.2 Å². The molecule has 0 radical (unpaired) electrons. The van der Waals surface area contributed by atoms with Gasteiger partial charge in [-0.3, -0.25) is 0 Å². The lowest BCUT2D eigenvalue weighted by Gasteiger charge is -2.43. The van der Waals surface area contributed by atoms with Gasteiger partial charge in [0.25, 0.3) is 0 Å². The number of phenolic OH excluding ortho intramolecular Hbond substituents is 1. The molecule has 0 amide bonds. The highest BCUT2D eigenvalue weighted by molar-refractivity contribution is 5.47. The van der Waals surface area contributed by atoms with Gasteiger partial charge in [-0.25, -0.2) is 4.39 Å². The Morgan fingerprint density at radius 1 is 1.25 bits per heavy atom. The van der Waals surface area contributed by atoms with Crippen molar-refractivity contribution in [2.75, 3.05) is 0 Å². The smallest absolute Gasteiger partial charge is 0.417 e. The zero-order valence-corrected chi connectivity index (χ0v) is 10.7. The maximum atomic E-state index is 13.3. The van der Waals surface area contributed by atoms with Crippen LogP contribution in [0.25, 0.3) is 0 Å². The minimum absolute atomic E-state index is 0.0784. The van der Waals surface area contributed by atoms with Crippen molar-refractivity contribution in [3.8, 4) is 5.75 Å². The van der Waals surface area contributed by atoms with Gasteiger partial charge in [-0.05, 0) is 17.5 Å². The average Bonchev–Trinajstić information content (AvgIpc) is 2.32. The topological polar surface area (TPSA) is 40.5 Å². The van der Waals surface area contributed by atoms with Crippen molar-refractivity contribution < 1.29 is 32.2 Å². The number of aliphatic hydroxyl groups is 1. The first-order valence-corrected chi connectivity index (χ1v) is 5.99. The van der Waals surface area contributed by atoms with E-state index >= 15 is 0 Å². The van der Waals surface area contributed by atoms with Crippen molar-refractivity contribution in [2.24, 2.45) is 5.92 Å². The second-order valence-electron chi connectivity index (χ2n) is 5.27. The lowest BCUT2D eigenvalue weighted by molar-refractivity contribution is -0.281. The van der Waals surface area contributed by atoms with E-state index in [2.05, 4.69) is 0 Å².